The Labute approximate surface area is 222 Å². The van der Waals surface area contributed by atoms with E-state index in [1.54, 1.807) is 35.3 Å². The van der Waals surface area contributed by atoms with E-state index in [-0.39, 0.29) is 34.3 Å². The molecule has 4 rings (SSSR count). The third-order valence-corrected chi connectivity index (χ3v) is 6.71. The zero-order valence-corrected chi connectivity index (χ0v) is 21.6. The number of anilines is 1. The van der Waals surface area contributed by atoms with Crippen molar-refractivity contribution in [2.75, 3.05) is 18.4 Å². The first kappa shape index (κ1) is 26.9. The first-order valence-corrected chi connectivity index (χ1v) is 12.3. The molecule has 0 saturated heterocycles. The maximum Gasteiger partial charge on any atom is 0.416 e. The predicted molar refractivity (Wildman–Crippen MR) is 139 cm³/mol. The van der Waals surface area contributed by atoms with Crippen molar-refractivity contribution >= 4 is 46.0 Å². The molecule has 0 unspecified atom stereocenters. The van der Waals surface area contributed by atoms with E-state index < -0.39 is 17.6 Å². The molecule has 0 atom stereocenters. The number of rotatable bonds is 8. The van der Waals surface area contributed by atoms with Crippen LogP contribution in [0.2, 0.25) is 10.0 Å². The van der Waals surface area contributed by atoms with Crippen LogP contribution in [-0.2, 0) is 23.9 Å². The molecular formula is C26H24Cl2F3N5O. The van der Waals surface area contributed by atoms with Crippen LogP contribution in [0.15, 0.2) is 55.0 Å². The molecule has 0 fully saturated rings. The third kappa shape index (κ3) is 6.06. The van der Waals surface area contributed by atoms with Crippen LogP contribution >= 0.6 is 23.2 Å². The summed E-state index contributed by atoms with van der Waals surface area (Å²) in [6, 6.07) is 10.7. The summed E-state index contributed by atoms with van der Waals surface area (Å²) in [5.41, 5.74) is 1.69. The molecule has 0 aliphatic heterocycles. The number of benzene rings is 2. The summed E-state index contributed by atoms with van der Waals surface area (Å²) in [7, 11) is 0. The fraction of sp³-hybridized carbons (Fsp3) is 0.269. The van der Waals surface area contributed by atoms with Crippen LogP contribution in [0.1, 0.15) is 30.5 Å². The van der Waals surface area contributed by atoms with E-state index in [1.165, 1.54) is 12.1 Å². The summed E-state index contributed by atoms with van der Waals surface area (Å²) in [4.78, 5) is 23.2. The standard InChI is InChI=1S/C26H24Cl2F3N5O/c1-3-35(4-2)14-16-7-8-17(10-20(16)26(29,30)31)34-24(37)13-19-21(27)11-18(12-22(19)28)36-15-33-23-6-5-9-32-25(23)36/h5-12,15H,3-4,13-14H2,1-2H3,(H,34,37). The Balaban J connectivity index is 1.54. The van der Waals surface area contributed by atoms with E-state index >= 15 is 0 Å². The molecule has 0 bridgehead atoms. The molecule has 0 aliphatic rings. The van der Waals surface area contributed by atoms with Gasteiger partial charge < -0.3 is 5.32 Å². The van der Waals surface area contributed by atoms with Gasteiger partial charge in [0.05, 0.1) is 17.7 Å². The highest BCUT2D eigenvalue weighted by Crippen LogP contribution is 2.35. The van der Waals surface area contributed by atoms with Gasteiger partial charge in [-0.25, -0.2) is 9.97 Å². The summed E-state index contributed by atoms with van der Waals surface area (Å²) in [5, 5.41) is 3.01. The average molecular weight is 550 g/mol. The van der Waals surface area contributed by atoms with Crippen molar-refractivity contribution < 1.29 is 18.0 Å². The molecule has 11 heteroatoms. The van der Waals surface area contributed by atoms with Gasteiger partial charge in [0.25, 0.3) is 0 Å². The van der Waals surface area contributed by atoms with Crippen molar-refractivity contribution in [1.82, 2.24) is 19.4 Å². The van der Waals surface area contributed by atoms with Gasteiger partial charge in [0.1, 0.15) is 11.8 Å². The number of hydrogen-bond donors (Lipinski definition) is 1. The Kier molecular flexibility index (Phi) is 8.06. The summed E-state index contributed by atoms with van der Waals surface area (Å²) < 4.78 is 43.0. The zero-order valence-electron chi connectivity index (χ0n) is 20.1. The molecule has 0 spiro atoms. The summed E-state index contributed by atoms with van der Waals surface area (Å²) in [6.07, 6.45) is -1.54. The van der Waals surface area contributed by atoms with E-state index in [4.69, 9.17) is 23.2 Å². The molecule has 0 radical (unpaired) electrons. The van der Waals surface area contributed by atoms with E-state index in [1.807, 2.05) is 24.8 Å². The Morgan fingerprint density at radius 3 is 2.41 bits per heavy atom. The van der Waals surface area contributed by atoms with Crippen LogP contribution in [0.5, 0.6) is 0 Å². The van der Waals surface area contributed by atoms with Crippen LogP contribution in [0, 0.1) is 0 Å². The molecule has 37 heavy (non-hydrogen) atoms. The minimum atomic E-state index is -4.56. The van der Waals surface area contributed by atoms with Crippen molar-refractivity contribution in [3.05, 3.63) is 81.7 Å². The van der Waals surface area contributed by atoms with Crippen molar-refractivity contribution in [2.24, 2.45) is 0 Å². The molecule has 1 N–H and O–H groups in total. The number of halogens is 5. The number of nitrogens with zero attached hydrogens (tertiary/aromatic N) is 4. The molecule has 2 heterocycles. The van der Waals surface area contributed by atoms with Crippen LogP contribution < -0.4 is 5.32 Å². The number of pyridine rings is 1. The lowest BCUT2D eigenvalue weighted by Crippen LogP contribution is -2.24. The first-order valence-electron chi connectivity index (χ1n) is 11.6. The largest absolute Gasteiger partial charge is 0.416 e. The maximum atomic E-state index is 13.8. The van der Waals surface area contributed by atoms with E-state index in [2.05, 4.69) is 15.3 Å². The number of alkyl halides is 3. The van der Waals surface area contributed by atoms with Gasteiger partial charge in [-0.3, -0.25) is 14.3 Å². The lowest BCUT2D eigenvalue weighted by Gasteiger charge is -2.21. The number of carbonyl (C=O) groups is 1. The lowest BCUT2D eigenvalue weighted by atomic mass is 10.0. The molecule has 2 aromatic heterocycles. The highest BCUT2D eigenvalue weighted by molar-refractivity contribution is 6.36. The molecule has 4 aromatic rings. The number of aromatic nitrogens is 3. The number of nitrogens with one attached hydrogen (secondary N) is 1. The number of carbonyl (C=O) groups excluding carboxylic acids is 1. The van der Waals surface area contributed by atoms with Gasteiger partial charge in [0.2, 0.25) is 5.91 Å². The van der Waals surface area contributed by atoms with E-state index in [0.29, 0.717) is 35.5 Å². The predicted octanol–water partition coefficient (Wildman–Crippen LogP) is 6.77. The van der Waals surface area contributed by atoms with E-state index in [0.717, 1.165) is 6.07 Å². The number of hydrogen-bond acceptors (Lipinski definition) is 4. The van der Waals surface area contributed by atoms with Gasteiger partial charge in [-0.15, -0.1) is 0 Å². The normalized spacial score (nSPS) is 11.9. The number of fused-ring (bicyclic) bond motifs is 1. The quantitative estimate of drug-likeness (QED) is 0.263. The molecular weight excluding hydrogens is 526 g/mol. The smallest absolute Gasteiger partial charge is 0.326 e. The topological polar surface area (TPSA) is 63.1 Å². The molecule has 6 nitrogen and oxygen atoms in total. The fourth-order valence-corrected chi connectivity index (χ4v) is 4.66. The highest BCUT2D eigenvalue weighted by atomic mass is 35.5. The monoisotopic (exact) mass is 549 g/mol. The summed E-state index contributed by atoms with van der Waals surface area (Å²) in [6.45, 7) is 5.20. The Hall–Kier alpha value is -3.14. The molecule has 194 valence electrons. The van der Waals surface area contributed by atoms with Crippen molar-refractivity contribution in [3.63, 3.8) is 0 Å². The average Bonchev–Trinajstić information content (AvgIpc) is 3.29. The molecule has 0 saturated carbocycles. The van der Waals surface area contributed by atoms with Crippen molar-refractivity contribution in [2.45, 2.75) is 33.0 Å². The zero-order chi connectivity index (χ0) is 26.7. The Morgan fingerprint density at radius 1 is 1.05 bits per heavy atom. The van der Waals surface area contributed by atoms with Gasteiger partial charge in [-0.2, -0.15) is 13.2 Å². The first-order chi connectivity index (χ1) is 17.6. The summed E-state index contributed by atoms with van der Waals surface area (Å²) in [5.74, 6) is -0.545. The highest BCUT2D eigenvalue weighted by Gasteiger charge is 2.34. The SMILES string of the molecule is CCN(CC)Cc1ccc(NC(=O)Cc2c(Cl)cc(-n3cnc4cccnc43)cc2Cl)cc1C(F)(F)F. The van der Waals surface area contributed by atoms with Crippen molar-refractivity contribution in [3.8, 4) is 5.69 Å². The third-order valence-electron chi connectivity index (χ3n) is 6.04. The number of imidazole rings is 1. The minimum absolute atomic E-state index is 0.0421. The molecule has 1 amide bonds. The molecule has 2 aromatic carbocycles. The van der Waals surface area contributed by atoms with Crippen LogP contribution in [0.25, 0.3) is 16.9 Å². The molecule has 0 aliphatic carbocycles. The van der Waals surface area contributed by atoms with Crippen LogP contribution in [0.4, 0.5) is 18.9 Å². The van der Waals surface area contributed by atoms with Crippen molar-refractivity contribution in [1.29, 1.82) is 0 Å². The maximum absolute atomic E-state index is 13.8. The second-order valence-corrected chi connectivity index (χ2v) is 9.22. The second-order valence-electron chi connectivity index (χ2n) is 8.40. The lowest BCUT2D eigenvalue weighted by molar-refractivity contribution is -0.138. The van der Waals surface area contributed by atoms with Gasteiger partial charge in [-0.1, -0.05) is 43.1 Å². The Morgan fingerprint density at radius 2 is 1.76 bits per heavy atom. The van der Waals surface area contributed by atoms with Crippen LogP contribution in [-0.4, -0.2) is 38.4 Å². The second kappa shape index (κ2) is 11.1. The minimum Gasteiger partial charge on any atom is -0.326 e. The van der Waals surface area contributed by atoms with Gasteiger partial charge in [-0.05, 0) is 60.6 Å². The van der Waals surface area contributed by atoms with E-state index in [9.17, 15) is 18.0 Å². The van der Waals surface area contributed by atoms with Gasteiger partial charge in [0.15, 0.2) is 5.65 Å². The summed E-state index contributed by atoms with van der Waals surface area (Å²) >= 11 is 12.9. The van der Waals surface area contributed by atoms with Gasteiger partial charge >= 0.3 is 6.18 Å². The Bertz CT molecular complexity index is 1410. The van der Waals surface area contributed by atoms with Crippen LogP contribution in [0.3, 0.4) is 0 Å². The van der Waals surface area contributed by atoms with Gasteiger partial charge in [0, 0.05) is 28.5 Å². The number of amides is 1. The fourth-order valence-electron chi connectivity index (χ4n) is 4.05.